The van der Waals surface area contributed by atoms with Crippen LogP contribution in [0.2, 0.25) is 5.02 Å². The van der Waals surface area contributed by atoms with Crippen molar-refractivity contribution < 1.29 is 4.79 Å². The third-order valence-electron chi connectivity index (χ3n) is 4.85. The minimum absolute atomic E-state index is 0.0120. The summed E-state index contributed by atoms with van der Waals surface area (Å²) in [6.45, 7) is 0. The number of nitriles is 1. The molecule has 0 radical (unpaired) electrons. The number of nitrogens with one attached hydrogen (secondary N) is 4. The molecule has 0 fully saturated rings. The maximum atomic E-state index is 11.6. The molecule has 7 nitrogen and oxygen atoms in total. The van der Waals surface area contributed by atoms with Crippen LogP contribution in [0.15, 0.2) is 54.7 Å². The molecule has 0 spiro atoms. The lowest BCUT2D eigenvalue weighted by molar-refractivity contribution is -0.115. The molecule has 0 aliphatic carbocycles. The molecule has 146 valence electrons. The molecule has 5 rings (SSSR count). The van der Waals surface area contributed by atoms with Crippen molar-refractivity contribution in [2.45, 2.75) is 6.42 Å². The van der Waals surface area contributed by atoms with E-state index < -0.39 is 0 Å². The van der Waals surface area contributed by atoms with Gasteiger partial charge in [0, 0.05) is 45.9 Å². The van der Waals surface area contributed by atoms with Crippen molar-refractivity contribution in [3.63, 3.8) is 0 Å². The van der Waals surface area contributed by atoms with Gasteiger partial charge in [-0.2, -0.15) is 5.26 Å². The molecular formula is C22H15ClN6O. The second-order valence-electron chi connectivity index (χ2n) is 6.98. The van der Waals surface area contributed by atoms with Gasteiger partial charge in [-0.15, -0.1) is 0 Å². The van der Waals surface area contributed by atoms with Crippen LogP contribution in [0.5, 0.6) is 0 Å². The van der Waals surface area contributed by atoms with Crippen LogP contribution in [0.25, 0.3) is 10.9 Å². The number of aromatic nitrogens is 2. The summed E-state index contributed by atoms with van der Waals surface area (Å²) in [5.74, 6) is 0.499. The van der Waals surface area contributed by atoms with E-state index in [-0.39, 0.29) is 11.6 Å². The largest absolute Gasteiger partial charge is 0.361 e. The lowest BCUT2D eigenvalue weighted by atomic mass is 10.1. The number of H-pyrrole nitrogens is 1. The molecule has 1 aliphatic rings. The van der Waals surface area contributed by atoms with Crippen molar-refractivity contribution in [2.75, 3.05) is 16.0 Å². The molecule has 0 saturated heterocycles. The number of rotatable bonds is 4. The van der Waals surface area contributed by atoms with Gasteiger partial charge < -0.3 is 20.9 Å². The zero-order valence-corrected chi connectivity index (χ0v) is 16.3. The number of hydrogen-bond donors (Lipinski definition) is 4. The fraction of sp³-hybridized carbons (Fsp3) is 0.0455. The maximum absolute atomic E-state index is 11.6. The number of hydrogen-bond acceptors (Lipinski definition) is 5. The summed E-state index contributed by atoms with van der Waals surface area (Å²) in [6.07, 6.45) is 2.19. The van der Waals surface area contributed by atoms with Gasteiger partial charge in [-0.05, 0) is 48.0 Å². The number of aromatic amines is 1. The fourth-order valence-electron chi connectivity index (χ4n) is 3.54. The Bertz CT molecular complexity index is 1350. The van der Waals surface area contributed by atoms with Gasteiger partial charge in [0.15, 0.2) is 0 Å². The SMILES string of the molecule is N#Cc1cc(Nc2ccc3c(c2)CC(=O)N3)cc(Nc2cc(Cl)c3cc[nH]c3c2)n1. The van der Waals surface area contributed by atoms with Crippen molar-refractivity contribution >= 4 is 57.0 Å². The van der Waals surface area contributed by atoms with Crippen LogP contribution >= 0.6 is 11.6 Å². The van der Waals surface area contributed by atoms with E-state index in [2.05, 4.69) is 32.0 Å². The lowest BCUT2D eigenvalue weighted by Crippen LogP contribution is -2.03. The first kappa shape index (κ1) is 18.0. The van der Waals surface area contributed by atoms with E-state index in [1.807, 2.05) is 48.7 Å². The molecule has 0 bridgehead atoms. The summed E-state index contributed by atoms with van der Waals surface area (Å²) in [5.41, 5.74) is 5.22. The normalized spacial score (nSPS) is 12.3. The Kier molecular flexibility index (Phi) is 4.27. The minimum Gasteiger partial charge on any atom is -0.361 e. The highest BCUT2D eigenvalue weighted by Crippen LogP contribution is 2.31. The molecule has 1 amide bonds. The summed E-state index contributed by atoms with van der Waals surface area (Å²) in [4.78, 5) is 19.0. The van der Waals surface area contributed by atoms with E-state index in [1.165, 1.54) is 0 Å². The predicted octanol–water partition coefficient (Wildman–Crippen LogP) is 5.07. The summed E-state index contributed by atoms with van der Waals surface area (Å²) < 4.78 is 0. The second-order valence-corrected chi connectivity index (χ2v) is 7.39. The Morgan fingerprint density at radius 1 is 1.03 bits per heavy atom. The molecule has 2 aromatic heterocycles. The Balaban J connectivity index is 1.44. The quantitative estimate of drug-likeness (QED) is 0.373. The molecule has 4 N–H and O–H groups in total. The molecule has 3 heterocycles. The van der Waals surface area contributed by atoms with Crippen LogP contribution in [0.3, 0.4) is 0 Å². The Morgan fingerprint density at radius 3 is 2.77 bits per heavy atom. The number of anilines is 5. The summed E-state index contributed by atoms with van der Waals surface area (Å²) in [5, 5.41) is 20.3. The molecule has 30 heavy (non-hydrogen) atoms. The van der Waals surface area contributed by atoms with Gasteiger partial charge in [0.1, 0.15) is 17.6 Å². The van der Waals surface area contributed by atoms with Crippen molar-refractivity contribution in [2.24, 2.45) is 0 Å². The Labute approximate surface area is 176 Å². The molecule has 4 aromatic rings. The summed E-state index contributed by atoms with van der Waals surface area (Å²) >= 11 is 6.35. The third kappa shape index (κ3) is 3.41. The number of carbonyl (C=O) groups is 1. The van der Waals surface area contributed by atoms with Crippen molar-refractivity contribution in [1.29, 1.82) is 5.26 Å². The van der Waals surface area contributed by atoms with E-state index >= 15 is 0 Å². The highest BCUT2D eigenvalue weighted by Gasteiger charge is 2.17. The highest BCUT2D eigenvalue weighted by atomic mass is 35.5. The number of amides is 1. The lowest BCUT2D eigenvalue weighted by Gasteiger charge is -2.12. The van der Waals surface area contributed by atoms with Crippen molar-refractivity contribution in [3.05, 3.63) is 71.0 Å². The van der Waals surface area contributed by atoms with Crippen molar-refractivity contribution in [3.8, 4) is 6.07 Å². The first-order valence-electron chi connectivity index (χ1n) is 9.23. The average molecular weight is 415 g/mol. The number of pyridine rings is 1. The van der Waals surface area contributed by atoms with Crippen LogP contribution in [-0.4, -0.2) is 15.9 Å². The van der Waals surface area contributed by atoms with E-state index in [0.29, 0.717) is 22.9 Å². The molecule has 0 atom stereocenters. The van der Waals surface area contributed by atoms with Crippen LogP contribution in [0, 0.1) is 11.3 Å². The maximum Gasteiger partial charge on any atom is 0.228 e. The first-order valence-corrected chi connectivity index (χ1v) is 9.61. The zero-order valence-electron chi connectivity index (χ0n) is 15.6. The van der Waals surface area contributed by atoms with Gasteiger partial charge in [0.25, 0.3) is 0 Å². The van der Waals surface area contributed by atoms with Gasteiger partial charge in [-0.3, -0.25) is 4.79 Å². The Morgan fingerprint density at radius 2 is 1.90 bits per heavy atom. The number of benzene rings is 2. The van der Waals surface area contributed by atoms with Crippen molar-refractivity contribution in [1.82, 2.24) is 9.97 Å². The molecule has 0 saturated carbocycles. The van der Waals surface area contributed by atoms with E-state index in [0.717, 1.165) is 33.5 Å². The first-order chi connectivity index (χ1) is 14.6. The number of fused-ring (bicyclic) bond motifs is 2. The van der Waals surface area contributed by atoms with E-state index in [9.17, 15) is 10.1 Å². The summed E-state index contributed by atoms with van der Waals surface area (Å²) in [6, 6.07) is 16.9. The number of nitrogens with zero attached hydrogens (tertiary/aromatic N) is 2. The second kappa shape index (κ2) is 7.10. The van der Waals surface area contributed by atoms with E-state index in [4.69, 9.17) is 11.6 Å². The molecule has 8 heteroatoms. The smallest absolute Gasteiger partial charge is 0.228 e. The van der Waals surface area contributed by atoms with Gasteiger partial charge >= 0.3 is 0 Å². The van der Waals surface area contributed by atoms with Gasteiger partial charge in [-0.1, -0.05) is 11.6 Å². The highest BCUT2D eigenvalue weighted by molar-refractivity contribution is 6.35. The molecule has 2 aromatic carbocycles. The standard InChI is InChI=1S/C22H15ClN6O/c23-18-8-15(9-20-17(18)3-4-25-20)27-21-10-14(7-16(11-24)28-21)26-13-1-2-19-12(5-13)6-22(30)29-19/h1-5,7-10,25H,6H2,(H,29,30)(H2,26,27,28). The topological polar surface area (TPSA) is 106 Å². The van der Waals surface area contributed by atoms with Gasteiger partial charge in [0.2, 0.25) is 5.91 Å². The average Bonchev–Trinajstić information content (AvgIpc) is 3.33. The molecule has 1 aliphatic heterocycles. The van der Waals surface area contributed by atoms with E-state index in [1.54, 1.807) is 6.07 Å². The minimum atomic E-state index is -0.0120. The van der Waals surface area contributed by atoms with Crippen LogP contribution in [0.1, 0.15) is 11.3 Å². The number of halogens is 1. The van der Waals surface area contributed by atoms with Crippen LogP contribution < -0.4 is 16.0 Å². The van der Waals surface area contributed by atoms with Gasteiger partial charge in [-0.25, -0.2) is 4.98 Å². The fourth-order valence-corrected chi connectivity index (χ4v) is 3.82. The van der Waals surface area contributed by atoms with Crippen LogP contribution in [0.4, 0.5) is 28.6 Å². The number of carbonyl (C=O) groups excluding carboxylic acids is 1. The van der Waals surface area contributed by atoms with Gasteiger partial charge in [0.05, 0.1) is 11.4 Å². The zero-order chi connectivity index (χ0) is 20.7. The van der Waals surface area contributed by atoms with Crippen LogP contribution in [-0.2, 0) is 11.2 Å². The third-order valence-corrected chi connectivity index (χ3v) is 5.16. The predicted molar refractivity (Wildman–Crippen MR) is 118 cm³/mol. The summed E-state index contributed by atoms with van der Waals surface area (Å²) in [7, 11) is 0. The molecular weight excluding hydrogens is 400 g/mol. The molecule has 0 unspecified atom stereocenters. The monoisotopic (exact) mass is 414 g/mol. The Hall–Kier alpha value is -4.02.